The zero-order chi connectivity index (χ0) is 16.8. The van der Waals surface area contributed by atoms with Crippen LogP contribution >= 0.6 is 0 Å². The molecule has 0 heterocycles. The minimum atomic E-state index is -1.58. The monoisotopic (exact) mass is 312 g/mol. The molecule has 0 aliphatic heterocycles. The van der Waals surface area contributed by atoms with Crippen molar-refractivity contribution in [1.29, 1.82) is 0 Å². The minimum Gasteiger partial charge on any atom is -0.295 e. The molecule has 118 valence electrons. The molecule has 2 heteroatoms. The summed E-state index contributed by atoms with van der Waals surface area (Å²) < 4.78 is 0. The van der Waals surface area contributed by atoms with Crippen molar-refractivity contribution in [2.24, 2.45) is 5.92 Å². The summed E-state index contributed by atoms with van der Waals surface area (Å²) in [6.45, 7) is 13.4. The first-order chi connectivity index (χ1) is 10.1. The van der Waals surface area contributed by atoms with Crippen LogP contribution in [0.15, 0.2) is 36.4 Å². The Morgan fingerprint density at radius 3 is 2.36 bits per heavy atom. The minimum absolute atomic E-state index is 0.113. The average Bonchev–Trinajstić information content (AvgIpc) is 2.43. The van der Waals surface area contributed by atoms with Crippen molar-refractivity contribution in [2.75, 3.05) is 0 Å². The molecule has 0 unspecified atom stereocenters. The lowest BCUT2D eigenvalue weighted by molar-refractivity contribution is -0.114. The van der Waals surface area contributed by atoms with E-state index in [4.69, 9.17) is 0 Å². The summed E-state index contributed by atoms with van der Waals surface area (Å²) in [6, 6.07) is 9.89. The number of benzene rings is 1. The van der Waals surface area contributed by atoms with Crippen LogP contribution in [0, 0.1) is 17.4 Å². The highest BCUT2D eigenvalue weighted by Gasteiger charge is 2.33. The van der Waals surface area contributed by atoms with Crippen LogP contribution in [0.2, 0.25) is 18.1 Å². The lowest BCUT2D eigenvalue weighted by atomic mass is 10.1. The number of allylic oxidation sites excluding steroid dienone is 1. The second-order valence-corrected chi connectivity index (χ2v) is 12.5. The Bertz CT molecular complexity index is 580. The Balaban J connectivity index is 2.61. The van der Waals surface area contributed by atoms with Crippen LogP contribution in [-0.2, 0) is 4.79 Å². The second kappa shape index (κ2) is 7.60. The molecule has 1 aromatic rings. The van der Waals surface area contributed by atoms with Crippen molar-refractivity contribution in [1.82, 2.24) is 0 Å². The zero-order valence-electron chi connectivity index (χ0n) is 14.7. The van der Waals surface area contributed by atoms with Gasteiger partial charge in [-0.05, 0) is 16.7 Å². The first-order valence-electron chi connectivity index (χ1n) is 7.90. The van der Waals surface area contributed by atoms with Gasteiger partial charge in [-0.3, -0.25) is 4.79 Å². The quantitative estimate of drug-likeness (QED) is 0.416. The summed E-state index contributed by atoms with van der Waals surface area (Å²) in [4.78, 5) is 12.0. The summed E-state index contributed by atoms with van der Waals surface area (Å²) in [7, 11) is -1.58. The van der Waals surface area contributed by atoms with Crippen molar-refractivity contribution in [3.05, 3.63) is 42.0 Å². The highest BCUT2D eigenvalue weighted by Crippen LogP contribution is 2.35. The molecule has 0 bridgehead atoms. The maximum absolute atomic E-state index is 12.0. The van der Waals surface area contributed by atoms with E-state index in [-0.39, 0.29) is 16.7 Å². The van der Waals surface area contributed by atoms with Gasteiger partial charge in [-0.15, -0.1) is 11.5 Å². The van der Waals surface area contributed by atoms with Gasteiger partial charge in [-0.2, -0.15) is 0 Å². The molecule has 0 amide bonds. The Morgan fingerprint density at radius 1 is 1.23 bits per heavy atom. The first kappa shape index (κ1) is 18.5. The van der Waals surface area contributed by atoms with Gasteiger partial charge in [0, 0.05) is 12.3 Å². The molecule has 1 nitrogen and oxygen atoms in total. The summed E-state index contributed by atoms with van der Waals surface area (Å²) >= 11 is 0. The summed E-state index contributed by atoms with van der Waals surface area (Å²) in [5.41, 5.74) is 4.54. The van der Waals surface area contributed by atoms with E-state index in [1.807, 2.05) is 43.3 Å². The zero-order valence-corrected chi connectivity index (χ0v) is 15.7. The van der Waals surface area contributed by atoms with E-state index in [9.17, 15) is 4.79 Å². The summed E-state index contributed by atoms with van der Waals surface area (Å²) in [6.07, 6.45) is 4.03. The van der Waals surface area contributed by atoms with Crippen molar-refractivity contribution in [3.8, 4) is 11.5 Å². The van der Waals surface area contributed by atoms with Crippen LogP contribution in [0.25, 0.3) is 6.08 Å². The Kier molecular flexibility index (Phi) is 6.38. The molecule has 0 spiro atoms. The van der Waals surface area contributed by atoms with Gasteiger partial charge in [0.2, 0.25) is 0 Å². The first-order valence-corrected chi connectivity index (χ1v) is 10.9. The molecule has 0 aliphatic carbocycles. The predicted molar refractivity (Wildman–Crippen MR) is 99.2 cm³/mol. The van der Waals surface area contributed by atoms with Crippen molar-refractivity contribution in [2.45, 2.75) is 52.2 Å². The third kappa shape index (κ3) is 6.03. The van der Waals surface area contributed by atoms with E-state index < -0.39 is 8.07 Å². The van der Waals surface area contributed by atoms with Gasteiger partial charge in [0.15, 0.2) is 5.78 Å². The topological polar surface area (TPSA) is 17.1 Å². The third-order valence-corrected chi connectivity index (χ3v) is 8.79. The average molecular weight is 313 g/mol. The van der Waals surface area contributed by atoms with Crippen LogP contribution in [0.5, 0.6) is 0 Å². The van der Waals surface area contributed by atoms with E-state index >= 15 is 0 Å². The number of carbonyl (C=O) groups excluding carboxylic acids is 1. The van der Waals surface area contributed by atoms with Gasteiger partial charge in [0.1, 0.15) is 8.07 Å². The maximum Gasteiger partial charge on any atom is 0.156 e. The van der Waals surface area contributed by atoms with E-state index in [0.717, 1.165) is 5.56 Å². The highest BCUT2D eigenvalue weighted by molar-refractivity contribution is 6.87. The predicted octanol–water partition coefficient (Wildman–Crippen LogP) is 5.35. The largest absolute Gasteiger partial charge is 0.295 e. The fourth-order valence-electron chi connectivity index (χ4n) is 1.67. The third-order valence-electron chi connectivity index (χ3n) is 4.27. The lowest BCUT2D eigenvalue weighted by Gasteiger charge is -2.31. The van der Waals surface area contributed by atoms with Crippen LogP contribution in [-0.4, -0.2) is 13.9 Å². The van der Waals surface area contributed by atoms with Gasteiger partial charge in [-0.25, -0.2) is 0 Å². The number of carbonyl (C=O) groups is 1. The van der Waals surface area contributed by atoms with E-state index in [1.54, 1.807) is 6.08 Å². The van der Waals surface area contributed by atoms with Crippen molar-refractivity contribution in [3.63, 3.8) is 0 Å². The van der Waals surface area contributed by atoms with Crippen LogP contribution in [0.3, 0.4) is 0 Å². The highest BCUT2D eigenvalue weighted by atomic mass is 28.3. The van der Waals surface area contributed by atoms with Gasteiger partial charge >= 0.3 is 0 Å². The SMILES string of the molecule is C[C@H](C#C[Si](C)(C)C(C)(C)C)CC(=O)/C=C/c1ccccc1. The molecule has 0 aromatic heterocycles. The fourth-order valence-corrected chi connectivity index (χ4v) is 2.65. The Morgan fingerprint density at radius 2 is 1.82 bits per heavy atom. The maximum atomic E-state index is 12.0. The standard InChI is InChI=1S/C20H28OSi/c1-17(14-15-22(5,6)20(2,3)4)16-19(21)13-12-18-10-8-7-9-11-18/h7-13,17H,16H2,1-6H3/b13-12+/t17-/m1/s1. The van der Waals surface area contributed by atoms with Crippen molar-refractivity contribution < 1.29 is 4.79 Å². The molecule has 0 radical (unpaired) electrons. The number of rotatable bonds is 4. The molecule has 0 N–H and O–H groups in total. The number of hydrogen-bond donors (Lipinski definition) is 0. The normalized spacial score (nSPS) is 13.5. The fraction of sp³-hybridized carbons (Fsp3) is 0.450. The van der Waals surface area contributed by atoms with Gasteiger partial charge < -0.3 is 0 Å². The number of ketones is 1. The summed E-state index contributed by atoms with van der Waals surface area (Å²) in [5, 5.41) is 0.261. The number of hydrogen-bond acceptors (Lipinski definition) is 1. The summed E-state index contributed by atoms with van der Waals surface area (Å²) in [5.74, 6) is 3.57. The molecule has 0 saturated carbocycles. The molecular weight excluding hydrogens is 284 g/mol. The van der Waals surface area contributed by atoms with Gasteiger partial charge in [0.25, 0.3) is 0 Å². The lowest BCUT2D eigenvalue weighted by Crippen LogP contribution is -2.35. The van der Waals surface area contributed by atoms with Crippen LogP contribution < -0.4 is 0 Å². The molecule has 1 aromatic carbocycles. The molecule has 0 fully saturated rings. The second-order valence-electron chi connectivity index (χ2n) is 7.46. The Labute approximate surface area is 136 Å². The van der Waals surface area contributed by atoms with E-state index in [2.05, 4.69) is 45.3 Å². The van der Waals surface area contributed by atoms with Gasteiger partial charge in [-0.1, -0.05) is 77.2 Å². The molecule has 1 rings (SSSR count). The van der Waals surface area contributed by atoms with Gasteiger partial charge in [0.05, 0.1) is 0 Å². The molecular formula is C20H28OSi. The smallest absolute Gasteiger partial charge is 0.156 e. The van der Waals surface area contributed by atoms with Crippen molar-refractivity contribution >= 4 is 19.9 Å². The molecule has 1 atom stereocenters. The molecule has 0 saturated heterocycles. The van der Waals surface area contributed by atoms with E-state index in [0.29, 0.717) is 6.42 Å². The van der Waals surface area contributed by atoms with Crippen LogP contribution in [0.4, 0.5) is 0 Å². The molecule has 0 aliphatic rings. The Hall–Kier alpha value is -1.59. The molecule has 22 heavy (non-hydrogen) atoms. The van der Waals surface area contributed by atoms with E-state index in [1.165, 1.54) is 0 Å². The van der Waals surface area contributed by atoms with Crippen LogP contribution in [0.1, 0.15) is 39.7 Å².